The van der Waals surface area contributed by atoms with Crippen LogP contribution in [0.3, 0.4) is 0 Å². The Hall–Kier alpha value is -2.40. The first-order valence-electron chi connectivity index (χ1n) is 7.61. The molecular formula is C18H22N2O3. The lowest BCUT2D eigenvalue weighted by Crippen LogP contribution is -2.38. The molecule has 23 heavy (non-hydrogen) atoms. The molecule has 0 fully saturated rings. The molecular weight excluding hydrogens is 292 g/mol. The molecule has 0 bridgehead atoms. The second kappa shape index (κ2) is 8.29. The number of aromatic nitrogens is 1. The number of pyridine rings is 1. The summed E-state index contributed by atoms with van der Waals surface area (Å²) in [5.74, 6) is 0.715. The van der Waals surface area contributed by atoms with Gasteiger partial charge in [-0.2, -0.15) is 0 Å². The zero-order valence-electron chi connectivity index (χ0n) is 13.7. The van der Waals surface area contributed by atoms with Crippen molar-refractivity contribution in [2.24, 2.45) is 0 Å². The van der Waals surface area contributed by atoms with Crippen LogP contribution in [0.1, 0.15) is 19.4 Å². The van der Waals surface area contributed by atoms with Gasteiger partial charge in [-0.25, -0.2) is 0 Å². The molecule has 0 radical (unpaired) electrons. The molecule has 5 heteroatoms. The molecule has 0 N–H and O–H groups in total. The predicted octanol–water partition coefficient (Wildman–Crippen LogP) is 3.05. The Bertz CT molecular complexity index is 614. The first-order valence-corrected chi connectivity index (χ1v) is 7.61. The maximum absolute atomic E-state index is 12.7. The molecule has 0 saturated heterocycles. The molecule has 0 aliphatic carbocycles. The zero-order valence-corrected chi connectivity index (χ0v) is 13.7. The minimum atomic E-state index is -0.494. The quantitative estimate of drug-likeness (QED) is 0.788. The van der Waals surface area contributed by atoms with Crippen LogP contribution in [0.25, 0.3) is 0 Å². The van der Waals surface area contributed by atoms with Crippen molar-refractivity contribution < 1.29 is 14.3 Å². The Morgan fingerprint density at radius 2 is 1.83 bits per heavy atom. The van der Waals surface area contributed by atoms with E-state index in [1.165, 1.54) is 0 Å². The van der Waals surface area contributed by atoms with Gasteiger partial charge >= 0.3 is 0 Å². The number of anilines is 1. The van der Waals surface area contributed by atoms with E-state index in [0.717, 1.165) is 17.0 Å². The predicted molar refractivity (Wildman–Crippen MR) is 89.5 cm³/mol. The van der Waals surface area contributed by atoms with Gasteiger partial charge in [0.15, 0.2) is 0 Å². The highest BCUT2D eigenvalue weighted by molar-refractivity contribution is 5.96. The van der Waals surface area contributed by atoms with Gasteiger partial charge in [-0.1, -0.05) is 12.1 Å². The number of methoxy groups -OCH3 is 1. The van der Waals surface area contributed by atoms with E-state index in [4.69, 9.17) is 9.47 Å². The first-order chi connectivity index (χ1) is 11.2. The third-order valence-corrected chi connectivity index (χ3v) is 3.50. The van der Waals surface area contributed by atoms with Crippen LogP contribution < -0.4 is 9.64 Å². The fraction of sp³-hybridized carbons (Fsp3) is 0.333. The normalized spacial score (nSPS) is 11.8. The average molecular weight is 314 g/mol. The van der Waals surface area contributed by atoms with Crippen LogP contribution in [-0.2, 0) is 16.1 Å². The van der Waals surface area contributed by atoms with Gasteiger partial charge in [0.2, 0.25) is 0 Å². The van der Waals surface area contributed by atoms with Gasteiger partial charge in [0, 0.05) is 24.7 Å². The second-order valence-electron chi connectivity index (χ2n) is 5.08. The summed E-state index contributed by atoms with van der Waals surface area (Å²) >= 11 is 0. The molecule has 5 nitrogen and oxygen atoms in total. The Morgan fingerprint density at radius 3 is 2.39 bits per heavy atom. The molecule has 1 aromatic carbocycles. The van der Waals surface area contributed by atoms with E-state index >= 15 is 0 Å². The number of ether oxygens (including phenoxy) is 2. The lowest BCUT2D eigenvalue weighted by Gasteiger charge is -2.26. The Kier molecular flexibility index (Phi) is 6.11. The standard InChI is InChI=1S/C18H22N2O3/c1-4-23-14(2)18(21)20(16-9-11-19-12-10-16)13-15-5-7-17(22-3)8-6-15/h5-12,14H,4,13H2,1-3H3. The van der Waals surface area contributed by atoms with E-state index in [0.29, 0.717) is 13.2 Å². The van der Waals surface area contributed by atoms with Crippen molar-refractivity contribution in [1.82, 2.24) is 4.98 Å². The molecule has 2 rings (SSSR count). The summed E-state index contributed by atoms with van der Waals surface area (Å²) in [7, 11) is 1.63. The summed E-state index contributed by atoms with van der Waals surface area (Å²) < 4.78 is 10.6. The maximum atomic E-state index is 12.7. The molecule has 1 atom stereocenters. The third-order valence-electron chi connectivity index (χ3n) is 3.50. The summed E-state index contributed by atoms with van der Waals surface area (Å²) in [6, 6.07) is 11.3. The van der Waals surface area contributed by atoms with Crippen LogP contribution in [0, 0.1) is 0 Å². The second-order valence-corrected chi connectivity index (χ2v) is 5.08. The maximum Gasteiger partial charge on any atom is 0.256 e. The minimum absolute atomic E-state index is 0.0751. The van der Waals surface area contributed by atoms with Crippen LogP contribution in [0.15, 0.2) is 48.8 Å². The van der Waals surface area contributed by atoms with E-state index < -0.39 is 6.10 Å². The van der Waals surface area contributed by atoms with Gasteiger partial charge in [-0.05, 0) is 43.7 Å². The van der Waals surface area contributed by atoms with Crippen molar-refractivity contribution in [2.45, 2.75) is 26.5 Å². The Balaban J connectivity index is 2.24. The van der Waals surface area contributed by atoms with E-state index in [-0.39, 0.29) is 5.91 Å². The van der Waals surface area contributed by atoms with E-state index in [1.807, 2.05) is 43.3 Å². The zero-order chi connectivity index (χ0) is 16.7. The molecule has 1 aromatic heterocycles. The largest absolute Gasteiger partial charge is 0.497 e. The van der Waals surface area contributed by atoms with Crippen LogP contribution in [0.2, 0.25) is 0 Å². The Morgan fingerprint density at radius 1 is 1.17 bits per heavy atom. The van der Waals surface area contributed by atoms with Gasteiger partial charge in [0.05, 0.1) is 13.7 Å². The monoisotopic (exact) mass is 314 g/mol. The number of nitrogens with zero attached hydrogens (tertiary/aromatic N) is 2. The molecule has 1 amide bonds. The highest BCUT2D eigenvalue weighted by atomic mass is 16.5. The SMILES string of the molecule is CCOC(C)C(=O)N(Cc1ccc(OC)cc1)c1ccncc1. The summed E-state index contributed by atoms with van der Waals surface area (Å²) in [5.41, 5.74) is 1.81. The van der Waals surface area contributed by atoms with Crippen molar-refractivity contribution in [3.63, 3.8) is 0 Å². The third kappa shape index (κ3) is 4.53. The molecule has 1 unspecified atom stereocenters. The van der Waals surface area contributed by atoms with Crippen molar-refractivity contribution >= 4 is 11.6 Å². The molecule has 122 valence electrons. The van der Waals surface area contributed by atoms with E-state index in [1.54, 1.807) is 31.3 Å². The number of rotatable bonds is 7. The number of carbonyl (C=O) groups excluding carboxylic acids is 1. The molecule has 0 spiro atoms. The van der Waals surface area contributed by atoms with E-state index in [2.05, 4.69) is 4.98 Å². The first kappa shape index (κ1) is 17.0. The topological polar surface area (TPSA) is 51.7 Å². The fourth-order valence-corrected chi connectivity index (χ4v) is 2.27. The lowest BCUT2D eigenvalue weighted by molar-refractivity contribution is -0.128. The molecule has 0 aliphatic heterocycles. The Labute approximate surface area is 136 Å². The van der Waals surface area contributed by atoms with Crippen molar-refractivity contribution in [2.75, 3.05) is 18.6 Å². The number of carbonyl (C=O) groups is 1. The fourth-order valence-electron chi connectivity index (χ4n) is 2.27. The number of amides is 1. The van der Waals surface area contributed by atoms with Crippen molar-refractivity contribution in [1.29, 1.82) is 0 Å². The van der Waals surface area contributed by atoms with Gasteiger partial charge < -0.3 is 14.4 Å². The number of hydrogen-bond acceptors (Lipinski definition) is 4. The van der Waals surface area contributed by atoms with Crippen LogP contribution in [0.5, 0.6) is 5.75 Å². The number of benzene rings is 1. The molecule has 2 aromatic rings. The average Bonchev–Trinajstić information content (AvgIpc) is 2.60. The molecule has 1 heterocycles. The summed E-state index contributed by atoms with van der Waals surface area (Å²) in [6.07, 6.45) is 2.86. The van der Waals surface area contributed by atoms with Gasteiger partial charge in [0.25, 0.3) is 5.91 Å². The smallest absolute Gasteiger partial charge is 0.256 e. The summed E-state index contributed by atoms with van der Waals surface area (Å²) in [5, 5.41) is 0. The van der Waals surface area contributed by atoms with Crippen LogP contribution in [0.4, 0.5) is 5.69 Å². The van der Waals surface area contributed by atoms with Gasteiger partial charge in [-0.15, -0.1) is 0 Å². The number of hydrogen-bond donors (Lipinski definition) is 0. The van der Waals surface area contributed by atoms with Gasteiger partial charge in [0.1, 0.15) is 11.9 Å². The van der Waals surface area contributed by atoms with Crippen LogP contribution in [-0.4, -0.2) is 30.7 Å². The van der Waals surface area contributed by atoms with E-state index in [9.17, 15) is 4.79 Å². The van der Waals surface area contributed by atoms with Gasteiger partial charge in [-0.3, -0.25) is 9.78 Å². The summed E-state index contributed by atoms with van der Waals surface area (Å²) in [6.45, 7) is 4.61. The van der Waals surface area contributed by atoms with Crippen molar-refractivity contribution in [3.8, 4) is 5.75 Å². The molecule has 0 saturated carbocycles. The van der Waals surface area contributed by atoms with Crippen LogP contribution >= 0.6 is 0 Å². The lowest BCUT2D eigenvalue weighted by atomic mass is 10.1. The highest BCUT2D eigenvalue weighted by Crippen LogP contribution is 2.20. The van der Waals surface area contributed by atoms with Crippen molar-refractivity contribution in [3.05, 3.63) is 54.4 Å². The molecule has 0 aliphatic rings. The highest BCUT2D eigenvalue weighted by Gasteiger charge is 2.22. The minimum Gasteiger partial charge on any atom is -0.497 e. The summed E-state index contributed by atoms with van der Waals surface area (Å²) in [4.78, 5) is 18.4.